The van der Waals surface area contributed by atoms with Gasteiger partial charge < -0.3 is 34.3 Å². The van der Waals surface area contributed by atoms with Gasteiger partial charge in [0.2, 0.25) is 0 Å². The van der Waals surface area contributed by atoms with E-state index in [0.29, 0.717) is 66.1 Å². The highest BCUT2D eigenvalue weighted by molar-refractivity contribution is 4.47. The van der Waals surface area contributed by atoms with Crippen molar-refractivity contribution in [2.75, 3.05) is 92.2 Å². The van der Waals surface area contributed by atoms with Gasteiger partial charge in [-0.2, -0.15) is 0 Å². The van der Waals surface area contributed by atoms with Crippen LogP contribution < -0.4 is 10.6 Å². The lowest BCUT2D eigenvalue weighted by Gasteiger charge is -2.08. The molecule has 0 amide bonds. The van der Waals surface area contributed by atoms with E-state index in [9.17, 15) is 0 Å². The molecule has 0 aromatic carbocycles. The summed E-state index contributed by atoms with van der Waals surface area (Å²) in [6, 6.07) is 0. The lowest BCUT2D eigenvalue weighted by atomic mass is 10.6. The summed E-state index contributed by atoms with van der Waals surface area (Å²) in [5, 5.41) is 6.51. The van der Waals surface area contributed by atoms with Gasteiger partial charge in [-0.25, -0.2) is 0 Å². The SMILES string of the molecule is C1COCCOCCNCCOCCOCCOCCN1. The predicted octanol–water partition coefficient (Wildman–Crippen LogP) is -0.738. The number of nitrogens with one attached hydrogen (secondary N) is 2. The quantitative estimate of drug-likeness (QED) is 0.611. The van der Waals surface area contributed by atoms with E-state index < -0.39 is 0 Å². The highest BCUT2D eigenvalue weighted by atomic mass is 16.5. The van der Waals surface area contributed by atoms with Crippen molar-refractivity contribution in [3.8, 4) is 0 Å². The zero-order valence-electron chi connectivity index (χ0n) is 12.9. The van der Waals surface area contributed by atoms with Crippen LogP contribution in [-0.2, 0) is 23.7 Å². The van der Waals surface area contributed by atoms with Gasteiger partial charge in [0.1, 0.15) is 0 Å². The van der Waals surface area contributed by atoms with E-state index in [2.05, 4.69) is 10.6 Å². The van der Waals surface area contributed by atoms with Gasteiger partial charge in [0.25, 0.3) is 0 Å². The Morgan fingerprint density at radius 1 is 0.333 bits per heavy atom. The van der Waals surface area contributed by atoms with Crippen LogP contribution in [0.2, 0.25) is 0 Å². The molecule has 7 heteroatoms. The van der Waals surface area contributed by atoms with Crippen LogP contribution in [0.4, 0.5) is 0 Å². The summed E-state index contributed by atoms with van der Waals surface area (Å²) in [5.74, 6) is 0. The minimum absolute atomic E-state index is 0.613. The molecule has 0 radical (unpaired) electrons. The fraction of sp³-hybridized carbons (Fsp3) is 1.00. The Kier molecular flexibility index (Phi) is 14.4. The Balaban J connectivity index is 2.00. The molecule has 0 saturated carbocycles. The molecule has 1 aliphatic rings. The van der Waals surface area contributed by atoms with Gasteiger partial charge in [0.15, 0.2) is 0 Å². The smallest absolute Gasteiger partial charge is 0.0701 e. The second-order valence-electron chi connectivity index (χ2n) is 4.56. The second-order valence-corrected chi connectivity index (χ2v) is 4.56. The molecule has 1 fully saturated rings. The van der Waals surface area contributed by atoms with Crippen molar-refractivity contribution in [1.82, 2.24) is 10.6 Å². The van der Waals surface area contributed by atoms with Gasteiger partial charge in [-0.15, -0.1) is 0 Å². The van der Waals surface area contributed by atoms with E-state index in [-0.39, 0.29) is 0 Å². The molecule has 126 valence electrons. The van der Waals surface area contributed by atoms with Crippen molar-refractivity contribution in [2.24, 2.45) is 0 Å². The van der Waals surface area contributed by atoms with Crippen LogP contribution in [0.5, 0.6) is 0 Å². The van der Waals surface area contributed by atoms with Gasteiger partial charge in [-0.1, -0.05) is 0 Å². The van der Waals surface area contributed by atoms with Crippen molar-refractivity contribution in [1.29, 1.82) is 0 Å². The maximum atomic E-state index is 5.44. The summed E-state index contributed by atoms with van der Waals surface area (Å²) in [7, 11) is 0. The molecule has 1 aliphatic heterocycles. The number of rotatable bonds is 0. The Morgan fingerprint density at radius 2 is 0.571 bits per heavy atom. The van der Waals surface area contributed by atoms with Crippen LogP contribution in [0.15, 0.2) is 0 Å². The molecule has 0 aromatic rings. The third kappa shape index (κ3) is 14.4. The molecular formula is C14H30N2O5. The molecular weight excluding hydrogens is 276 g/mol. The zero-order chi connectivity index (χ0) is 14.8. The van der Waals surface area contributed by atoms with Crippen LogP contribution in [0.3, 0.4) is 0 Å². The summed E-state index contributed by atoms with van der Waals surface area (Å²) in [5.41, 5.74) is 0. The molecule has 1 saturated heterocycles. The normalized spacial score (nSPS) is 24.0. The third-order valence-corrected chi connectivity index (χ3v) is 2.81. The summed E-state index contributed by atoms with van der Waals surface area (Å²) < 4.78 is 27.2. The van der Waals surface area contributed by atoms with Gasteiger partial charge in [0.05, 0.1) is 66.1 Å². The Morgan fingerprint density at radius 3 is 0.857 bits per heavy atom. The maximum absolute atomic E-state index is 5.44. The van der Waals surface area contributed by atoms with Crippen molar-refractivity contribution < 1.29 is 23.7 Å². The van der Waals surface area contributed by atoms with E-state index in [1.165, 1.54) is 0 Å². The average Bonchev–Trinajstić information content (AvgIpc) is 2.50. The molecule has 1 heterocycles. The Bertz CT molecular complexity index is 118. The first kappa shape index (κ1) is 18.8. The third-order valence-electron chi connectivity index (χ3n) is 2.81. The monoisotopic (exact) mass is 306 g/mol. The molecule has 0 atom stereocenters. The van der Waals surface area contributed by atoms with E-state index in [0.717, 1.165) is 26.2 Å². The van der Waals surface area contributed by atoms with E-state index in [4.69, 9.17) is 23.7 Å². The zero-order valence-corrected chi connectivity index (χ0v) is 12.9. The highest BCUT2D eigenvalue weighted by Crippen LogP contribution is 1.82. The lowest BCUT2D eigenvalue weighted by Crippen LogP contribution is -2.25. The molecule has 0 aromatic heterocycles. The molecule has 0 spiro atoms. The molecule has 1 rings (SSSR count). The Hall–Kier alpha value is -0.280. The first-order chi connectivity index (χ1) is 10.5. The van der Waals surface area contributed by atoms with Crippen LogP contribution in [0.1, 0.15) is 0 Å². The van der Waals surface area contributed by atoms with Gasteiger partial charge in [-0.3, -0.25) is 0 Å². The standard InChI is InChI=1S/C14H30N2O5/c1-5-17-9-10-18-6-2-16-4-8-20-12-14-21-13-11-19-7-3-15-1/h15-16H,1-14H2. The van der Waals surface area contributed by atoms with Crippen molar-refractivity contribution >= 4 is 0 Å². The van der Waals surface area contributed by atoms with E-state index in [1.54, 1.807) is 0 Å². The predicted molar refractivity (Wildman–Crippen MR) is 79.8 cm³/mol. The first-order valence-electron chi connectivity index (χ1n) is 7.80. The lowest BCUT2D eigenvalue weighted by molar-refractivity contribution is 0.0156. The highest BCUT2D eigenvalue weighted by Gasteiger charge is 1.95. The van der Waals surface area contributed by atoms with Crippen molar-refractivity contribution in [2.45, 2.75) is 0 Å². The molecule has 7 nitrogen and oxygen atoms in total. The minimum atomic E-state index is 0.613. The molecule has 2 N–H and O–H groups in total. The molecule has 0 bridgehead atoms. The van der Waals surface area contributed by atoms with Crippen LogP contribution in [0, 0.1) is 0 Å². The molecule has 21 heavy (non-hydrogen) atoms. The fourth-order valence-electron chi connectivity index (χ4n) is 1.69. The van der Waals surface area contributed by atoms with Gasteiger partial charge >= 0.3 is 0 Å². The largest absolute Gasteiger partial charge is 0.378 e. The molecule has 0 unspecified atom stereocenters. The number of hydrogen-bond acceptors (Lipinski definition) is 7. The van der Waals surface area contributed by atoms with Crippen LogP contribution >= 0.6 is 0 Å². The van der Waals surface area contributed by atoms with Crippen LogP contribution in [-0.4, -0.2) is 92.2 Å². The minimum Gasteiger partial charge on any atom is -0.378 e. The fourth-order valence-corrected chi connectivity index (χ4v) is 1.69. The summed E-state index contributed by atoms with van der Waals surface area (Å²) in [6.07, 6.45) is 0. The number of ether oxygens (including phenoxy) is 5. The second kappa shape index (κ2) is 16.1. The van der Waals surface area contributed by atoms with Crippen molar-refractivity contribution in [3.05, 3.63) is 0 Å². The first-order valence-corrected chi connectivity index (χ1v) is 7.80. The van der Waals surface area contributed by atoms with E-state index >= 15 is 0 Å². The molecule has 0 aliphatic carbocycles. The van der Waals surface area contributed by atoms with Gasteiger partial charge in [-0.05, 0) is 0 Å². The Labute approximate surface area is 127 Å². The van der Waals surface area contributed by atoms with Crippen molar-refractivity contribution in [3.63, 3.8) is 0 Å². The maximum Gasteiger partial charge on any atom is 0.0701 e. The summed E-state index contributed by atoms with van der Waals surface area (Å²) in [4.78, 5) is 0. The number of hydrogen-bond donors (Lipinski definition) is 2. The van der Waals surface area contributed by atoms with E-state index in [1.807, 2.05) is 0 Å². The summed E-state index contributed by atoms with van der Waals surface area (Å²) in [6.45, 7) is 9.84. The summed E-state index contributed by atoms with van der Waals surface area (Å²) >= 11 is 0. The van der Waals surface area contributed by atoms with Gasteiger partial charge in [0, 0.05) is 26.2 Å². The average molecular weight is 306 g/mol. The topological polar surface area (TPSA) is 70.2 Å². The van der Waals surface area contributed by atoms with Crippen LogP contribution in [0.25, 0.3) is 0 Å².